The van der Waals surface area contributed by atoms with Gasteiger partial charge in [-0.1, -0.05) is 6.42 Å². The molecule has 0 unspecified atom stereocenters. The van der Waals surface area contributed by atoms with E-state index >= 15 is 0 Å². The lowest BCUT2D eigenvalue weighted by molar-refractivity contribution is -0.113. The zero-order chi connectivity index (χ0) is 24.2. The molecule has 0 aliphatic carbocycles. The summed E-state index contributed by atoms with van der Waals surface area (Å²) in [5.74, 6) is -0.740. The Bertz CT molecular complexity index is 1020. The van der Waals surface area contributed by atoms with Gasteiger partial charge in [0, 0.05) is 43.9 Å². The SMILES string of the molecule is Cl.Cl.O=C1N=C(N2CCCCN2)S/C1=C/c1ccc(F)cc1OC(=O)N1CCC(N2CCCCC2)CC1. The van der Waals surface area contributed by atoms with Crippen LogP contribution in [0.5, 0.6) is 5.75 Å². The third-order valence-corrected chi connectivity index (χ3v) is 8.05. The molecule has 8 nitrogen and oxygen atoms in total. The molecule has 1 aromatic rings. The Labute approximate surface area is 233 Å². The molecule has 0 aromatic heterocycles. The summed E-state index contributed by atoms with van der Waals surface area (Å²) in [4.78, 5) is 34.2. The first-order chi connectivity index (χ1) is 17.1. The highest BCUT2D eigenvalue weighted by Gasteiger charge is 2.30. The summed E-state index contributed by atoms with van der Waals surface area (Å²) in [5, 5.41) is 2.50. The molecule has 1 aromatic carbocycles. The van der Waals surface area contributed by atoms with E-state index in [0.717, 1.165) is 51.9 Å². The minimum absolute atomic E-state index is 0. The van der Waals surface area contributed by atoms with E-state index in [0.29, 0.717) is 34.8 Å². The number of likely N-dealkylation sites (tertiary alicyclic amines) is 2. The number of piperidine rings is 2. The molecule has 0 bridgehead atoms. The van der Waals surface area contributed by atoms with Crippen LogP contribution in [0.1, 0.15) is 50.5 Å². The van der Waals surface area contributed by atoms with Crippen molar-refractivity contribution in [2.45, 2.75) is 51.0 Å². The van der Waals surface area contributed by atoms with Gasteiger partial charge in [-0.2, -0.15) is 4.99 Å². The number of hydrogen-bond donors (Lipinski definition) is 1. The van der Waals surface area contributed by atoms with Gasteiger partial charge >= 0.3 is 6.09 Å². The van der Waals surface area contributed by atoms with E-state index in [-0.39, 0.29) is 36.5 Å². The Morgan fingerprint density at radius 2 is 1.78 bits per heavy atom. The van der Waals surface area contributed by atoms with Gasteiger partial charge in [-0.05, 0) is 81.6 Å². The quantitative estimate of drug-likeness (QED) is 0.525. The van der Waals surface area contributed by atoms with E-state index in [4.69, 9.17) is 4.74 Å². The Morgan fingerprint density at radius 3 is 2.49 bits per heavy atom. The number of halogens is 3. The number of thioether (sulfide) groups is 1. The van der Waals surface area contributed by atoms with Gasteiger partial charge in [0.05, 0.1) is 4.91 Å². The van der Waals surface area contributed by atoms with Gasteiger partial charge in [0.1, 0.15) is 11.6 Å². The predicted molar refractivity (Wildman–Crippen MR) is 149 cm³/mol. The van der Waals surface area contributed by atoms with Crippen molar-refractivity contribution < 1.29 is 18.7 Å². The molecule has 2 amide bonds. The number of amides is 2. The molecular weight excluding hydrogens is 540 g/mol. The predicted octanol–water partition coefficient (Wildman–Crippen LogP) is 4.69. The lowest BCUT2D eigenvalue weighted by atomic mass is 10.0. The molecule has 4 heterocycles. The highest BCUT2D eigenvalue weighted by molar-refractivity contribution is 8.18. The molecule has 0 spiro atoms. The maximum Gasteiger partial charge on any atom is 0.415 e. The average molecular weight is 575 g/mol. The first-order valence-electron chi connectivity index (χ1n) is 12.6. The second kappa shape index (κ2) is 13.8. The van der Waals surface area contributed by atoms with Gasteiger partial charge in [0.2, 0.25) is 0 Å². The smallest absolute Gasteiger partial charge is 0.409 e. The summed E-state index contributed by atoms with van der Waals surface area (Å²) in [5.41, 5.74) is 3.72. The van der Waals surface area contributed by atoms with Crippen LogP contribution >= 0.6 is 36.6 Å². The summed E-state index contributed by atoms with van der Waals surface area (Å²) < 4.78 is 19.7. The average Bonchev–Trinajstić information content (AvgIpc) is 3.27. The Kier molecular flexibility index (Phi) is 11.1. The van der Waals surface area contributed by atoms with Crippen LogP contribution in [0.2, 0.25) is 0 Å². The molecule has 1 N–H and O–H groups in total. The summed E-state index contributed by atoms with van der Waals surface area (Å²) in [6.07, 6.45) is 8.92. The van der Waals surface area contributed by atoms with Crippen molar-refractivity contribution >= 4 is 59.8 Å². The van der Waals surface area contributed by atoms with E-state index in [1.807, 2.05) is 5.01 Å². The molecule has 37 heavy (non-hydrogen) atoms. The third-order valence-electron chi connectivity index (χ3n) is 7.04. The van der Waals surface area contributed by atoms with Crippen molar-refractivity contribution in [2.24, 2.45) is 4.99 Å². The fourth-order valence-corrected chi connectivity index (χ4v) is 5.99. The molecular formula is C25H34Cl2FN5O3S. The lowest BCUT2D eigenvalue weighted by Gasteiger charge is -2.39. The Morgan fingerprint density at radius 1 is 1.05 bits per heavy atom. The van der Waals surface area contributed by atoms with Crippen LogP contribution in [0, 0.1) is 5.82 Å². The maximum absolute atomic E-state index is 14.1. The van der Waals surface area contributed by atoms with Gasteiger partial charge in [-0.3, -0.25) is 9.80 Å². The number of nitrogens with one attached hydrogen (secondary N) is 1. The molecule has 4 aliphatic rings. The van der Waals surface area contributed by atoms with Crippen LogP contribution in [0.25, 0.3) is 6.08 Å². The molecule has 204 valence electrons. The van der Waals surface area contributed by atoms with Gasteiger partial charge < -0.3 is 14.5 Å². The fraction of sp³-hybridized carbons (Fsp3) is 0.560. The number of carbonyl (C=O) groups excluding carboxylic acids is 2. The standard InChI is InChI=1S/C25H32FN5O3S.2ClH/c26-19-7-6-18(16-22-23(32)28-24(35-22)31-13-5-2-10-27-31)21(17-19)34-25(33)30-14-8-20(9-15-30)29-11-3-1-4-12-29;;/h6-7,16-17,20,27H,1-5,8-15H2;2*1H/b22-16+;;. The maximum atomic E-state index is 14.1. The number of hydrogen-bond acceptors (Lipinski definition) is 7. The number of benzene rings is 1. The van der Waals surface area contributed by atoms with Crippen LogP contribution in [-0.2, 0) is 4.79 Å². The Balaban J connectivity index is 0.00000190. The van der Waals surface area contributed by atoms with Crippen LogP contribution < -0.4 is 10.2 Å². The van der Waals surface area contributed by atoms with E-state index in [9.17, 15) is 14.0 Å². The van der Waals surface area contributed by atoms with Gasteiger partial charge in [-0.15, -0.1) is 24.8 Å². The van der Waals surface area contributed by atoms with Gasteiger partial charge in [0.15, 0.2) is 5.17 Å². The minimum Gasteiger partial charge on any atom is -0.409 e. The normalized spacial score (nSPS) is 22.4. The van der Waals surface area contributed by atoms with Crippen molar-refractivity contribution in [3.05, 3.63) is 34.5 Å². The summed E-state index contributed by atoms with van der Waals surface area (Å²) >= 11 is 1.27. The zero-order valence-electron chi connectivity index (χ0n) is 20.7. The molecule has 5 rings (SSSR count). The second-order valence-electron chi connectivity index (χ2n) is 9.44. The number of ether oxygens (including phenoxy) is 1. The van der Waals surface area contributed by atoms with E-state index in [2.05, 4.69) is 15.3 Å². The first kappa shape index (κ1) is 29.7. The highest BCUT2D eigenvalue weighted by atomic mass is 35.5. The number of aliphatic imine (C=N–C) groups is 1. The summed E-state index contributed by atoms with van der Waals surface area (Å²) in [7, 11) is 0. The zero-order valence-corrected chi connectivity index (χ0v) is 23.1. The largest absolute Gasteiger partial charge is 0.415 e. The van der Waals surface area contributed by atoms with Crippen molar-refractivity contribution in [3.8, 4) is 5.75 Å². The lowest BCUT2D eigenvalue weighted by Crippen LogP contribution is -2.48. The molecule has 3 saturated heterocycles. The topological polar surface area (TPSA) is 77.5 Å². The van der Waals surface area contributed by atoms with E-state index < -0.39 is 11.9 Å². The van der Waals surface area contributed by atoms with Crippen molar-refractivity contribution in [1.29, 1.82) is 0 Å². The number of amidine groups is 1. The molecule has 12 heteroatoms. The number of carbonyl (C=O) groups is 2. The third kappa shape index (κ3) is 7.38. The second-order valence-corrected chi connectivity index (χ2v) is 10.5. The molecule has 0 radical (unpaired) electrons. The number of hydrazine groups is 1. The fourth-order valence-electron chi connectivity index (χ4n) is 5.08. The van der Waals surface area contributed by atoms with E-state index in [1.165, 1.54) is 49.2 Å². The van der Waals surface area contributed by atoms with Gasteiger partial charge in [-0.25, -0.2) is 14.6 Å². The first-order valence-corrected chi connectivity index (χ1v) is 13.4. The summed E-state index contributed by atoms with van der Waals surface area (Å²) in [6.45, 7) is 5.18. The number of rotatable bonds is 3. The molecule has 4 aliphatic heterocycles. The van der Waals surface area contributed by atoms with Gasteiger partial charge in [0.25, 0.3) is 5.91 Å². The molecule has 0 saturated carbocycles. The Hall–Kier alpha value is -1.85. The summed E-state index contributed by atoms with van der Waals surface area (Å²) in [6, 6.07) is 4.54. The van der Waals surface area contributed by atoms with Crippen LogP contribution in [0.15, 0.2) is 28.1 Å². The van der Waals surface area contributed by atoms with E-state index in [1.54, 1.807) is 11.0 Å². The highest BCUT2D eigenvalue weighted by Crippen LogP contribution is 2.33. The number of nitrogens with zero attached hydrogens (tertiary/aromatic N) is 4. The monoisotopic (exact) mass is 573 g/mol. The molecule has 3 fully saturated rings. The van der Waals surface area contributed by atoms with Crippen molar-refractivity contribution in [3.63, 3.8) is 0 Å². The van der Waals surface area contributed by atoms with Crippen molar-refractivity contribution in [2.75, 3.05) is 39.3 Å². The minimum atomic E-state index is -0.501. The van der Waals surface area contributed by atoms with Crippen LogP contribution in [-0.4, -0.2) is 77.3 Å². The van der Waals surface area contributed by atoms with Crippen LogP contribution in [0.3, 0.4) is 0 Å². The molecule has 0 atom stereocenters. The van der Waals surface area contributed by atoms with Crippen molar-refractivity contribution in [1.82, 2.24) is 20.2 Å². The van der Waals surface area contributed by atoms with Crippen LogP contribution in [0.4, 0.5) is 9.18 Å².